The molecule has 270 valence electrons. The second kappa shape index (κ2) is 12.9. The Morgan fingerprint density at radius 1 is 0.397 bits per heavy atom. The van der Waals surface area contributed by atoms with Crippen molar-refractivity contribution in [1.29, 1.82) is 0 Å². The van der Waals surface area contributed by atoms with Crippen LogP contribution in [0.1, 0.15) is 0 Å². The van der Waals surface area contributed by atoms with Gasteiger partial charge >= 0.3 is 0 Å². The van der Waals surface area contributed by atoms with Gasteiger partial charge in [0.25, 0.3) is 0 Å². The zero-order valence-corrected chi connectivity index (χ0v) is 31.3. The fourth-order valence-corrected chi connectivity index (χ4v) is 8.92. The fraction of sp³-hybridized carbons (Fsp3) is 0. The molecule has 4 nitrogen and oxygen atoms in total. The molecule has 0 atom stereocenters. The zero-order valence-electron chi connectivity index (χ0n) is 31.3. The third kappa shape index (κ3) is 5.02. The summed E-state index contributed by atoms with van der Waals surface area (Å²) in [6.07, 6.45) is 0. The molecule has 4 heteroatoms. The Morgan fingerprint density at radius 2 is 1.05 bits per heavy atom. The van der Waals surface area contributed by atoms with Gasteiger partial charge in [-0.25, -0.2) is 9.97 Å². The second-order valence-electron chi connectivity index (χ2n) is 14.9. The Kier molecular flexibility index (Phi) is 7.20. The smallest absolute Gasteiger partial charge is 0.143 e. The molecule has 3 heterocycles. The Labute approximate surface area is 333 Å². The maximum atomic E-state index is 6.53. The van der Waals surface area contributed by atoms with Gasteiger partial charge in [-0.2, -0.15) is 0 Å². The van der Waals surface area contributed by atoms with Crippen molar-refractivity contribution >= 4 is 65.6 Å². The molecule has 0 aliphatic rings. The number of furan rings is 1. The van der Waals surface area contributed by atoms with Crippen molar-refractivity contribution in [2.24, 2.45) is 0 Å². The van der Waals surface area contributed by atoms with E-state index >= 15 is 0 Å². The Hall–Kier alpha value is -7.82. The van der Waals surface area contributed by atoms with Crippen LogP contribution in [0.4, 0.5) is 0 Å². The van der Waals surface area contributed by atoms with Crippen LogP contribution in [0.5, 0.6) is 0 Å². The average Bonchev–Trinajstić information content (AvgIpc) is 3.85. The van der Waals surface area contributed by atoms with E-state index in [1.54, 1.807) is 0 Å². The SMILES string of the molecule is c1ccc(-c2nc3cccc(-c4cccc(-n5c6cc(-c7cccc8c7oc7ccccc78)ccc6c6c7ccccc7ccc65)c4)c3nc2-c2ccccc2)cc1. The number of fused-ring (bicyclic) bond motifs is 9. The summed E-state index contributed by atoms with van der Waals surface area (Å²) >= 11 is 0. The number of para-hydroxylation sites is 3. The van der Waals surface area contributed by atoms with Crippen LogP contribution in [0.25, 0.3) is 116 Å². The quantitative estimate of drug-likeness (QED) is 0.177. The predicted octanol–water partition coefficient (Wildman–Crippen LogP) is 14.4. The van der Waals surface area contributed by atoms with E-state index in [1.807, 2.05) is 24.3 Å². The van der Waals surface area contributed by atoms with Crippen molar-refractivity contribution in [3.05, 3.63) is 200 Å². The van der Waals surface area contributed by atoms with E-state index in [-0.39, 0.29) is 0 Å². The molecular formula is C54H33N3O. The van der Waals surface area contributed by atoms with Crippen molar-refractivity contribution < 1.29 is 4.42 Å². The largest absolute Gasteiger partial charge is 0.455 e. The third-order valence-electron chi connectivity index (χ3n) is 11.6. The van der Waals surface area contributed by atoms with Gasteiger partial charge in [0.05, 0.1) is 33.5 Å². The molecule has 0 unspecified atom stereocenters. The molecule has 0 fully saturated rings. The van der Waals surface area contributed by atoms with Crippen LogP contribution >= 0.6 is 0 Å². The van der Waals surface area contributed by atoms with Gasteiger partial charge in [-0.1, -0.05) is 164 Å². The molecule has 0 saturated carbocycles. The van der Waals surface area contributed by atoms with Crippen LogP contribution in [0.15, 0.2) is 205 Å². The van der Waals surface area contributed by atoms with Gasteiger partial charge in [0.15, 0.2) is 0 Å². The lowest BCUT2D eigenvalue weighted by molar-refractivity contribution is 0.670. The van der Waals surface area contributed by atoms with Crippen molar-refractivity contribution in [3.63, 3.8) is 0 Å². The molecule has 0 spiro atoms. The highest BCUT2D eigenvalue weighted by Gasteiger charge is 2.20. The maximum Gasteiger partial charge on any atom is 0.143 e. The molecule has 0 aliphatic heterocycles. The molecule has 12 rings (SSSR count). The summed E-state index contributed by atoms with van der Waals surface area (Å²) in [4.78, 5) is 10.7. The average molecular weight is 740 g/mol. The summed E-state index contributed by atoms with van der Waals surface area (Å²) in [7, 11) is 0. The van der Waals surface area contributed by atoms with Crippen LogP contribution in [-0.2, 0) is 0 Å². The highest BCUT2D eigenvalue weighted by molar-refractivity contribution is 6.22. The molecule has 58 heavy (non-hydrogen) atoms. The topological polar surface area (TPSA) is 43.9 Å². The zero-order chi connectivity index (χ0) is 38.2. The second-order valence-corrected chi connectivity index (χ2v) is 14.9. The van der Waals surface area contributed by atoms with Crippen molar-refractivity contribution in [2.75, 3.05) is 0 Å². The van der Waals surface area contributed by atoms with Gasteiger partial charge in [-0.05, 0) is 58.3 Å². The number of rotatable bonds is 5. The summed E-state index contributed by atoms with van der Waals surface area (Å²) in [5, 5.41) is 7.15. The van der Waals surface area contributed by atoms with Crippen molar-refractivity contribution in [3.8, 4) is 50.5 Å². The molecule has 9 aromatic carbocycles. The van der Waals surface area contributed by atoms with Gasteiger partial charge in [0.2, 0.25) is 0 Å². The number of benzene rings is 9. The molecule has 0 aliphatic carbocycles. The Morgan fingerprint density at radius 3 is 1.90 bits per heavy atom. The molecule has 0 bridgehead atoms. The third-order valence-corrected chi connectivity index (χ3v) is 11.6. The fourth-order valence-electron chi connectivity index (χ4n) is 8.92. The number of hydrogen-bond donors (Lipinski definition) is 0. The van der Waals surface area contributed by atoms with E-state index in [2.05, 4.69) is 180 Å². The highest BCUT2D eigenvalue weighted by Crippen LogP contribution is 2.42. The van der Waals surface area contributed by atoms with Gasteiger partial charge in [-0.15, -0.1) is 0 Å². The Balaban J connectivity index is 1.09. The minimum Gasteiger partial charge on any atom is -0.455 e. The van der Waals surface area contributed by atoms with E-state index in [4.69, 9.17) is 14.4 Å². The molecule has 12 aromatic rings. The lowest BCUT2D eigenvalue weighted by Gasteiger charge is -2.14. The van der Waals surface area contributed by atoms with Crippen LogP contribution < -0.4 is 0 Å². The van der Waals surface area contributed by atoms with Gasteiger partial charge in [0.1, 0.15) is 11.2 Å². The normalized spacial score (nSPS) is 11.8. The van der Waals surface area contributed by atoms with Crippen molar-refractivity contribution in [1.82, 2.24) is 14.5 Å². The maximum absolute atomic E-state index is 6.53. The van der Waals surface area contributed by atoms with Gasteiger partial charge in [0, 0.05) is 49.5 Å². The summed E-state index contributed by atoms with van der Waals surface area (Å²) in [6.45, 7) is 0. The van der Waals surface area contributed by atoms with Crippen LogP contribution in [0, 0.1) is 0 Å². The molecule has 0 radical (unpaired) electrons. The first-order chi connectivity index (χ1) is 28.8. The number of hydrogen-bond acceptors (Lipinski definition) is 3. The lowest BCUT2D eigenvalue weighted by atomic mass is 9.99. The first kappa shape index (κ1) is 32.4. The summed E-state index contributed by atoms with van der Waals surface area (Å²) in [5.74, 6) is 0. The standard InChI is InChI=1S/C54H33N3O/c1-3-15-35(16-4-1)51-52(36-17-5-2-6-18-36)56-53-41(23-13-26-46(53)55-51)37-19-11-20-39(32-37)57-47-31-29-34-14-7-8-21-40(34)50(47)45-30-28-38(33-48(45)57)42-24-12-25-44-43-22-9-10-27-49(43)58-54(42)44/h1-33H. The predicted molar refractivity (Wildman–Crippen MR) is 240 cm³/mol. The molecule has 0 saturated heterocycles. The molecule has 0 N–H and O–H groups in total. The minimum absolute atomic E-state index is 0.856. The van der Waals surface area contributed by atoms with Gasteiger partial charge < -0.3 is 8.98 Å². The van der Waals surface area contributed by atoms with E-state index in [0.717, 1.165) is 94.5 Å². The number of nitrogens with zero attached hydrogens (tertiary/aromatic N) is 3. The van der Waals surface area contributed by atoms with E-state index < -0.39 is 0 Å². The van der Waals surface area contributed by atoms with E-state index in [1.165, 1.54) is 21.5 Å². The highest BCUT2D eigenvalue weighted by atomic mass is 16.3. The first-order valence-electron chi connectivity index (χ1n) is 19.7. The van der Waals surface area contributed by atoms with Crippen LogP contribution in [0.3, 0.4) is 0 Å². The molecule has 3 aromatic heterocycles. The molecular weight excluding hydrogens is 707 g/mol. The number of aromatic nitrogens is 3. The van der Waals surface area contributed by atoms with Crippen LogP contribution in [-0.4, -0.2) is 14.5 Å². The van der Waals surface area contributed by atoms with Crippen molar-refractivity contribution in [2.45, 2.75) is 0 Å². The van der Waals surface area contributed by atoms with Crippen LogP contribution in [0.2, 0.25) is 0 Å². The van der Waals surface area contributed by atoms with E-state index in [0.29, 0.717) is 0 Å². The summed E-state index contributed by atoms with van der Waals surface area (Å²) < 4.78 is 8.95. The Bertz CT molecular complexity index is 3560. The summed E-state index contributed by atoms with van der Waals surface area (Å²) in [6, 6.07) is 70.7. The van der Waals surface area contributed by atoms with Gasteiger partial charge in [-0.3, -0.25) is 0 Å². The molecule has 0 amide bonds. The lowest BCUT2D eigenvalue weighted by Crippen LogP contribution is -1.98. The summed E-state index contributed by atoms with van der Waals surface area (Å²) in [5.41, 5.74) is 15.0. The first-order valence-corrected chi connectivity index (χ1v) is 19.7. The van der Waals surface area contributed by atoms with E-state index in [9.17, 15) is 0 Å². The minimum atomic E-state index is 0.856. The monoisotopic (exact) mass is 739 g/mol.